The van der Waals surface area contributed by atoms with Gasteiger partial charge in [0.05, 0.1) is 5.69 Å². The lowest BCUT2D eigenvalue weighted by Crippen LogP contribution is -2.43. The molecule has 0 atom stereocenters. The Morgan fingerprint density at radius 3 is 2.31 bits per heavy atom. The van der Waals surface area contributed by atoms with Crippen LogP contribution in [0.3, 0.4) is 0 Å². The third-order valence-corrected chi connectivity index (χ3v) is 9.28. The van der Waals surface area contributed by atoms with Gasteiger partial charge in [0.1, 0.15) is 11.5 Å². The Bertz CT molecular complexity index is 2150. The average Bonchev–Trinajstić information content (AvgIpc) is 3.57. The molecule has 1 aliphatic rings. The van der Waals surface area contributed by atoms with Gasteiger partial charge in [0.2, 0.25) is 0 Å². The van der Waals surface area contributed by atoms with Crippen molar-refractivity contribution in [3.05, 3.63) is 118 Å². The van der Waals surface area contributed by atoms with Crippen LogP contribution in [0.4, 0.5) is 15.8 Å². The molecule has 0 radical (unpaired) electrons. The average molecular weight is 751 g/mol. The lowest BCUT2D eigenvalue weighted by Gasteiger charge is -2.31. The third-order valence-electron chi connectivity index (χ3n) is 9.28. The summed E-state index contributed by atoms with van der Waals surface area (Å²) in [4.78, 5) is 39.0. The predicted molar refractivity (Wildman–Crippen MR) is 222 cm³/mol. The van der Waals surface area contributed by atoms with Crippen LogP contribution in [0, 0.1) is 5.82 Å². The molecular weight excluding hydrogens is 696 g/mol. The number of hydrogen-bond donors (Lipinski definition) is 6. The minimum Gasteiger partial charge on any atom is -0.370 e. The van der Waals surface area contributed by atoms with Gasteiger partial charge in [-0.2, -0.15) is 4.98 Å². The van der Waals surface area contributed by atoms with Gasteiger partial charge in [-0.3, -0.25) is 14.4 Å². The molecule has 1 saturated heterocycles. The molecule has 1 fully saturated rings. The first-order valence-corrected chi connectivity index (χ1v) is 18.7. The van der Waals surface area contributed by atoms with Crippen LogP contribution in [0.1, 0.15) is 75.1 Å². The van der Waals surface area contributed by atoms with Crippen LogP contribution in [0.2, 0.25) is 0 Å². The van der Waals surface area contributed by atoms with Crippen LogP contribution in [0.5, 0.6) is 0 Å². The minimum absolute atomic E-state index is 0.0352. The monoisotopic (exact) mass is 750 g/mol. The molecule has 0 unspecified atom stereocenters. The number of nitrogens with one attached hydrogen (secondary N) is 4. The maximum Gasteiger partial charge on any atom is 0.354 e. The highest BCUT2D eigenvalue weighted by molar-refractivity contribution is 6.05. The maximum absolute atomic E-state index is 13.4. The van der Waals surface area contributed by atoms with Crippen LogP contribution < -0.4 is 38.0 Å². The maximum atomic E-state index is 13.4. The van der Waals surface area contributed by atoms with Crippen molar-refractivity contribution in [2.45, 2.75) is 65.3 Å². The number of amides is 1. The number of guanidine groups is 1. The highest BCUT2D eigenvalue weighted by atomic mass is 19.1. The van der Waals surface area contributed by atoms with E-state index in [4.69, 9.17) is 11.5 Å². The van der Waals surface area contributed by atoms with Crippen LogP contribution in [-0.4, -0.2) is 65.7 Å². The van der Waals surface area contributed by atoms with E-state index in [2.05, 4.69) is 89.5 Å². The zero-order valence-corrected chi connectivity index (χ0v) is 32.8. The van der Waals surface area contributed by atoms with Crippen LogP contribution in [0.25, 0.3) is 16.7 Å². The summed E-state index contributed by atoms with van der Waals surface area (Å²) >= 11 is 0. The molecule has 3 heterocycles. The molecule has 1 amide bonds. The van der Waals surface area contributed by atoms with Crippen molar-refractivity contribution in [3.63, 3.8) is 0 Å². The number of H-pyrrole nitrogens is 1. The number of nitrogens with zero attached hydrogens (tertiary/aromatic N) is 4. The van der Waals surface area contributed by atoms with E-state index in [1.807, 2.05) is 42.6 Å². The second-order valence-electron chi connectivity index (χ2n) is 15.9. The summed E-state index contributed by atoms with van der Waals surface area (Å²) in [5.74, 6) is -0.469. The highest BCUT2D eigenvalue weighted by Crippen LogP contribution is 2.29. The van der Waals surface area contributed by atoms with E-state index in [0.717, 1.165) is 79.3 Å². The Morgan fingerprint density at radius 2 is 1.65 bits per heavy atom. The van der Waals surface area contributed by atoms with E-state index in [-0.39, 0.29) is 34.2 Å². The SMILES string of the molecule is CC(C)(C)c1cc(C(=O)Nc2cccc(F)c2)cc(N2CCNCC2)c1.CC(C)(C)c1cc2cn(-c3ccc(CNCCCN=C(N)N)cc3)c(=O)nc2[nH]1. The number of aliphatic imine (C=N–C) groups is 1. The summed E-state index contributed by atoms with van der Waals surface area (Å²) in [6.07, 6.45) is 2.71. The number of halogens is 1. The fourth-order valence-electron chi connectivity index (χ4n) is 6.05. The number of carbonyl (C=O) groups is 1. The first kappa shape index (κ1) is 40.7. The van der Waals surface area contributed by atoms with E-state index in [1.54, 1.807) is 16.7 Å². The number of benzene rings is 3. The summed E-state index contributed by atoms with van der Waals surface area (Å²) < 4.78 is 15.0. The zero-order valence-electron chi connectivity index (χ0n) is 32.8. The third kappa shape index (κ3) is 11.5. The number of nitrogens with two attached hydrogens (primary N) is 2. The van der Waals surface area contributed by atoms with Gasteiger partial charge in [-0.05, 0) is 84.1 Å². The molecule has 3 aromatic carbocycles. The number of carbonyl (C=O) groups excluding carboxylic acids is 1. The molecule has 292 valence electrons. The number of hydrogen-bond acceptors (Lipinski definition) is 7. The van der Waals surface area contributed by atoms with Crippen LogP contribution >= 0.6 is 0 Å². The molecule has 0 spiro atoms. The van der Waals surface area contributed by atoms with Crippen LogP contribution in [-0.2, 0) is 17.4 Å². The Hall–Kier alpha value is -5.53. The van der Waals surface area contributed by atoms with E-state index < -0.39 is 0 Å². The zero-order chi connectivity index (χ0) is 39.8. The second kappa shape index (κ2) is 17.7. The summed E-state index contributed by atoms with van der Waals surface area (Å²) in [5, 5.41) is 10.4. The largest absolute Gasteiger partial charge is 0.370 e. The van der Waals surface area contributed by atoms with Gasteiger partial charge in [0.15, 0.2) is 5.96 Å². The number of fused-ring (bicyclic) bond motifs is 1. The van der Waals surface area contributed by atoms with Crippen molar-refractivity contribution < 1.29 is 9.18 Å². The topological polar surface area (TPSA) is 171 Å². The van der Waals surface area contributed by atoms with E-state index in [9.17, 15) is 14.0 Å². The number of aromatic nitrogens is 3. The molecule has 6 rings (SSSR count). The molecule has 5 aromatic rings. The molecule has 1 aliphatic heterocycles. The number of anilines is 2. The molecule has 13 heteroatoms. The number of piperazine rings is 1. The van der Waals surface area contributed by atoms with Crippen molar-refractivity contribution in [1.82, 2.24) is 25.2 Å². The van der Waals surface area contributed by atoms with Gasteiger partial charge in [-0.25, -0.2) is 9.18 Å². The standard InChI is InChI=1S/C21H26FN3O.C21H29N7O/c1-21(2,3)16-11-15(12-19(13-16)25-9-7-23-8-10-25)20(26)24-18-6-4-5-17(22)14-18;1-21(2,3)17-11-15-13-28(20(29)27-18(15)26-17)16-7-5-14(6-8-16)12-24-9-4-10-25-19(22)23/h4-6,11-14,23H,7-10H2,1-3H3,(H,24,26);5-8,11,13,24H,4,9-10,12H2,1-3H3,(H4,22,23,25)(H,26,27,29). The molecule has 2 aromatic heterocycles. The summed E-state index contributed by atoms with van der Waals surface area (Å²) in [7, 11) is 0. The molecule has 55 heavy (non-hydrogen) atoms. The van der Waals surface area contributed by atoms with Gasteiger partial charge < -0.3 is 37.3 Å². The Balaban J connectivity index is 0.000000212. The molecular formula is C42H55FN10O2. The summed E-state index contributed by atoms with van der Waals surface area (Å²) in [6.45, 7) is 18.7. The number of rotatable bonds is 10. The Labute approximate surface area is 322 Å². The summed E-state index contributed by atoms with van der Waals surface area (Å²) in [6, 6.07) is 21.9. The van der Waals surface area contributed by atoms with Gasteiger partial charge in [-0.15, -0.1) is 0 Å². The Morgan fingerprint density at radius 1 is 0.927 bits per heavy atom. The lowest BCUT2D eigenvalue weighted by atomic mass is 9.85. The number of aromatic amines is 1. The van der Waals surface area contributed by atoms with E-state index in [0.29, 0.717) is 23.4 Å². The smallest absolute Gasteiger partial charge is 0.354 e. The summed E-state index contributed by atoms with van der Waals surface area (Å²) in [5.41, 5.74) is 17.0. The molecule has 0 aliphatic carbocycles. The quantitative estimate of drug-likeness (QED) is 0.0613. The predicted octanol–water partition coefficient (Wildman–Crippen LogP) is 5.55. The van der Waals surface area contributed by atoms with Gasteiger partial charge >= 0.3 is 5.69 Å². The first-order valence-electron chi connectivity index (χ1n) is 18.7. The van der Waals surface area contributed by atoms with Crippen molar-refractivity contribution in [3.8, 4) is 5.69 Å². The van der Waals surface area contributed by atoms with E-state index in [1.165, 1.54) is 12.1 Å². The molecule has 8 N–H and O–H groups in total. The molecule has 0 bridgehead atoms. The molecule has 12 nitrogen and oxygen atoms in total. The fourth-order valence-corrected chi connectivity index (χ4v) is 6.05. The van der Waals surface area contributed by atoms with Crippen molar-refractivity contribution in [2.75, 3.05) is 49.5 Å². The van der Waals surface area contributed by atoms with Crippen molar-refractivity contribution >= 4 is 34.3 Å². The van der Waals surface area contributed by atoms with Gasteiger partial charge in [-0.1, -0.05) is 59.7 Å². The van der Waals surface area contributed by atoms with Crippen molar-refractivity contribution in [1.29, 1.82) is 0 Å². The molecule has 0 saturated carbocycles. The highest BCUT2D eigenvalue weighted by Gasteiger charge is 2.21. The second-order valence-corrected chi connectivity index (χ2v) is 15.9. The lowest BCUT2D eigenvalue weighted by molar-refractivity contribution is 0.102. The fraction of sp³-hybridized carbons (Fsp3) is 0.381. The van der Waals surface area contributed by atoms with Crippen LogP contribution in [0.15, 0.2) is 88.8 Å². The van der Waals surface area contributed by atoms with Gasteiger partial charge in [0.25, 0.3) is 5.91 Å². The van der Waals surface area contributed by atoms with Gasteiger partial charge in [0, 0.05) is 78.9 Å². The first-order chi connectivity index (χ1) is 26.1. The minimum atomic E-state index is -0.368. The van der Waals surface area contributed by atoms with Crippen molar-refractivity contribution in [2.24, 2.45) is 16.5 Å². The Kier molecular flexibility index (Phi) is 13.1. The normalized spacial score (nSPS) is 13.3. The van der Waals surface area contributed by atoms with E-state index >= 15 is 0 Å².